The molecule has 1 aliphatic rings. The van der Waals surface area contributed by atoms with Gasteiger partial charge < -0.3 is 29.4 Å². The second-order valence-electron chi connectivity index (χ2n) is 12.4. The zero-order valence-electron chi connectivity index (χ0n) is 28.3. The van der Waals surface area contributed by atoms with Gasteiger partial charge in [-0.05, 0) is 72.4 Å². The van der Waals surface area contributed by atoms with Crippen molar-refractivity contribution in [1.29, 1.82) is 0 Å². The molecule has 0 aliphatic carbocycles. The summed E-state index contributed by atoms with van der Waals surface area (Å²) < 4.78 is 64.3. The lowest BCUT2D eigenvalue weighted by atomic mass is 9.81. The number of aromatic nitrogens is 1. The van der Waals surface area contributed by atoms with Crippen molar-refractivity contribution in [2.75, 3.05) is 26.9 Å². The van der Waals surface area contributed by atoms with Gasteiger partial charge in [-0.15, -0.1) is 0 Å². The molecule has 1 saturated heterocycles. The number of ketones is 1. The zero-order valence-corrected chi connectivity index (χ0v) is 28.3. The molecule has 0 bridgehead atoms. The van der Waals surface area contributed by atoms with E-state index >= 15 is 4.39 Å². The van der Waals surface area contributed by atoms with E-state index in [0.29, 0.717) is 53.1 Å². The highest BCUT2D eigenvalue weighted by Crippen LogP contribution is 2.31. The Balaban J connectivity index is 1.22. The fourth-order valence-electron chi connectivity index (χ4n) is 6.10. The van der Waals surface area contributed by atoms with E-state index in [2.05, 4.69) is 15.8 Å². The molecule has 0 saturated carbocycles. The third-order valence-corrected chi connectivity index (χ3v) is 8.77. The van der Waals surface area contributed by atoms with E-state index in [1.807, 2.05) is 0 Å². The molecule has 270 valence electrons. The molecule has 13 heteroatoms. The minimum absolute atomic E-state index is 0.139. The van der Waals surface area contributed by atoms with E-state index < -0.39 is 41.3 Å². The van der Waals surface area contributed by atoms with E-state index in [0.717, 1.165) is 7.11 Å². The third-order valence-electron chi connectivity index (χ3n) is 8.77. The van der Waals surface area contributed by atoms with Crippen LogP contribution in [0.2, 0.25) is 0 Å². The standard InChI is InChI=1S/C38H40F3N3O7/c1-23-18-29(44-51-23)14-17-35(46)50-22-30-21-49-31(20-42-30)15-16-32-26(4-3-5-33(32)41)19-34(45)37(43-38(47)48-2)36(24-6-10-27(39)11-7-24)25-8-12-28(40)13-9-25/h3-13,18,30-31,36-37,42H,14-17,19-22H2,1-2H3,(H,43,47)/t30-,31+,37+/m0/s1. The minimum Gasteiger partial charge on any atom is -0.464 e. The Morgan fingerprint density at radius 2 is 1.67 bits per heavy atom. The number of halogens is 3. The molecule has 2 heterocycles. The molecule has 1 amide bonds. The van der Waals surface area contributed by atoms with E-state index in [4.69, 9.17) is 18.7 Å². The van der Waals surface area contributed by atoms with Gasteiger partial charge in [-0.3, -0.25) is 9.59 Å². The van der Waals surface area contributed by atoms with Crippen LogP contribution in [-0.2, 0) is 43.1 Å². The van der Waals surface area contributed by atoms with Gasteiger partial charge in [-0.1, -0.05) is 41.6 Å². The lowest BCUT2D eigenvalue weighted by Gasteiger charge is -2.30. The number of amides is 1. The van der Waals surface area contributed by atoms with Crippen molar-refractivity contribution in [2.45, 2.75) is 63.1 Å². The number of ether oxygens (including phenoxy) is 3. The number of nitrogens with one attached hydrogen (secondary N) is 2. The Morgan fingerprint density at radius 1 is 0.980 bits per heavy atom. The first kappa shape index (κ1) is 37.3. The van der Waals surface area contributed by atoms with Gasteiger partial charge in [0.1, 0.15) is 35.9 Å². The van der Waals surface area contributed by atoms with Crippen molar-refractivity contribution in [1.82, 2.24) is 15.8 Å². The molecular weight excluding hydrogens is 667 g/mol. The van der Waals surface area contributed by atoms with Crippen LogP contribution < -0.4 is 10.6 Å². The molecule has 0 radical (unpaired) electrons. The molecule has 1 aliphatic heterocycles. The number of Topliss-reactive ketones (excluding diaryl/α,β-unsaturated/α-hetero) is 1. The number of methoxy groups -OCH3 is 1. The molecular formula is C38H40F3N3O7. The molecule has 1 fully saturated rings. The number of hydrogen-bond donors (Lipinski definition) is 2. The number of carbonyl (C=O) groups is 3. The van der Waals surface area contributed by atoms with Gasteiger partial charge in [0.05, 0.1) is 38.0 Å². The predicted octanol–water partition coefficient (Wildman–Crippen LogP) is 5.53. The van der Waals surface area contributed by atoms with Crippen LogP contribution in [0.4, 0.5) is 18.0 Å². The summed E-state index contributed by atoms with van der Waals surface area (Å²) in [4.78, 5) is 38.8. The van der Waals surface area contributed by atoms with E-state index in [9.17, 15) is 23.2 Å². The molecule has 1 aromatic heterocycles. The van der Waals surface area contributed by atoms with Crippen LogP contribution in [0.3, 0.4) is 0 Å². The maximum absolute atomic E-state index is 15.3. The van der Waals surface area contributed by atoms with Crippen LogP contribution in [0.5, 0.6) is 0 Å². The molecule has 51 heavy (non-hydrogen) atoms. The van der Waals surface area contributed by atoms with Crippen molar-refractivity contribution < 1.29 is 46.3 Å². The summed E-state index contributed by atoms with van der Waals surface area (Å²) in [5.41, 5.74) is 2.45. The number of carbonyl (C=O) groups excluding carboxylic acids is 3. The number of hydrogen-bond acceptors (Lipinski definition) is 9. The molecule has 0 unspecified atom stereocenters. The minimum atomic E-state index is -1.23. The average Bonchev–Trinajstić information content (AvgIpc) is 3.55. The Labute approximate surface area is 293 Å². The molecule has 10 nitrogen and oxygen atoms in total. The first-order chi connectivity index (χ1) is 24.6. The van der Waals surface area contributed by atoms with Gasteiger partial charge >= 0.3 is 12.1 Å². The Bertz CT molecular complexity index is 1730. The molecule has 4 aromatic rings. The van der Waals surface area contributed by atoms with Crippen LogP contribution >= 0.6 is 0 Å². The Hall–Kier alpha value is -5.01. The normalized spacial score (nSPS) is 16.4. The maximum atomic E-state index is 15.3. The summed E-state index contributed by atoms with van der Waals surface area (Å²) in [6.07, 6.45) is -0.0813. The number of benzene rings is 3. The first-order valence-electron chi connectivity index (χ1n) is 16.7. The van der Waals surface area contributed by atoms with Crippen molar-refractivity contribution >= 4 is 17.8 Å². The zero-order chi connectivity index (χ0) is 36.3. The highest BCUT2D eigenvalue weighted by molar-refractivity contribution is 5.91. The largest absolute Gasteiger partial charge is 0.464 e. The van der Waals surface area contributed by atoms with Gasteiger partial charge in [0.25, 0.3) is 0 Å². The number of morpholine rings is 1. The predicted molar refractivity (Wildman–Crippen MR) is 179 cm³/mol. The maximum Gasteiger partial charge on any atom is 0.407 e. The van der Waals surface area contributed by atoms with E-state index in [-0.39, 0.29) is 50.6 Å². The van der Waals surface area contributed by atoms with Gasteiger partial charge in [-0.25, -0.2) is 18.0 Å². The molecule has 5 rings (SSSR count). The van der Waals surface area contributed by atoms with E-state index in [1.54, 1.807) is 19.1 Å². The number of esters is 1. The van der Waals surface area contributed by atoms with Gasteiger partial charge in [0.15, 0.2) is 5.78 Å². The molecule has 2 N–H and O–H groups in total. The third kappa shape index (κ3) is 10.5. The summed E-state index contributed by atoms with van der Waals surface area (Å²) in [5, 5.41) is 9.79. The number of nitrogens with zero attached hydrogens (tertiary/aromatic N) is 1. The van der Waals surface area contributed by atoms with E-state index in [1.165, 1.54) is 60.7 Å². The monoisotopic (exact) mass is 707 g/mol. The Morgan fingerprint density at radius 3 is 2.25 bits per heavy atom. The average molecular weight is 708 g/mol. The molecule has 3 atom stereocenters. The van der Waals surface area contributed by atoms with Crippen LogP contribution in [0.1, 0.15) is 52.5 Å². The SMILES string of the molecule is COC(=O)N[C@H](C(=O)Cc1cccc(F)c1CC[C@@H]1CN[C@H](COC(=O)CCc2cc(C)on2)CO1)C(c1ccc(F)cc1)c1ccc(F)cc1. The lowest BCUT2D eigenvalue weighted by Crippen LogP contribution is -2.49. The van der Waals surface area contributed by atoms with Crippen molar-refractivity contribution in [3.63, 3.8) is 0 Å². The quantitative estimate of drug-likeness (QED) is 0.153. The number of alkyl carbamates (subject to hydrolysis) is 1. The number of aryl methyl sites for hydroxylation is 2. The summed E-state index contributed by atoms with van der Waals surface area (Å²) >= 11 is 0. The highest BCUT2D eigenvalue weighted by Gasteiger charge is 2.33. The summed E-state index contributed by atoms with van der Waals surface area (Å²) in [7, 11) is 1.16. The summed E-state index contributed by atoms with van der Waals surface area (Å²) in [6, 6.07) is 15.7. The van der Waals surface area contributed by atoms with Crippen molar-refractivity contribution in [2.24, 2.45) is 0 Å². The lowest BCUT2D eigenvalue weighted by molar-refractivity contribution is -0.145. The molecule has 3 aromatic carbocycles. The van der Waals surface area contributed by atoms with Crippen molar-refractivity contribution in [3.8, 4) is 0 Å². The molecule has 0 spiro atoms. The van der Waals surface area contributed by atoms with Crippen LogP contribution in [0, 0.1) is 24.4 Å². The second-order valence-corrected chi connectivity index (χ2v) is 12.4. The van der Waals surface area contributed by atoms with Crippen LogP contribution in [-0.4, -0.2) is 68.1 Å². The fourth-order valence-corrected chi connectivity index (χ4v) is 6.10. The Kier molecular flexibility index (Phi) is 13.0. The van der Waals surface area contributed by atoms with Crippen LogP contribution in [0.25, 0.3) is 0 Å². The first-order valence-corrected chi connectivity index (χ1v) is 16.7. The van der Waals surface area contributed by atoms with Crippen LogP contribution in [0.15, 0.2) is 77.3 Å². The second kappa shape index (κ2) is 17.8. The summed E-state index contributed by atoms with van der Waals surface area (Å²) in [6.45, 7) is 2.66. The topological polar surface area (TPSA) is 129 Å². The van der Waals surface area contributed by atoms with Crippen molar-refractivity contribution in [3.05, 3.63) is 124 Å². The van der Waals surface area contributed by atoms with Gasteiger partial charge in [0.2, 0.25) is 0 Å². The van der Waals surface area contributed by atoms with Gasteiger partial charge in [-0.2, -0.15) is 0 Å². The van der Waals surface area contributed by atoms with Gasteiger partial charge in [0, 0.05) is 31.4 Å². The number of rotatable bonds is 15. The fraction of sp³-hybridized carbons (Fsp3) is 0.368. The highest BCUT2D eigenvalue weighted by atomic mass is 19.1. The summed E-state index contributed by atoms with van der Waals surface area (Å²) in [5.74, 6) is -2.46. The smallest absolute Gasteiger partial charge is 0.407 e.